The second kappa shape index (κ2) is 6.80. The van der Waals surface area contributed by atoms with Gasteiger partial charge in [-0.2, -0.15) is 0 Å². The topological polar surface area (TPSA) is 58.6 Å². The van der Waals surface area contributed by atoms with E-state index in [-0.39, 0.29) is 12.5 Å². The van der Waals surface area contributed by atoms with Gasteiger partial charge in [-0.15, -0.1) is 0 Å². The van der Waals surface area contributed by atoms with Crippen LogP contribution in [0.25, 0.3) is 0 Å². The second-order valence-electron chi connectivity index (χ2n) is 4.32. The lowest BCUT2D eigenvalue weighted by molar-refractivity contribution is -0.137. The van der Waals surface area contributed by atoms with Crippen molar-refractivity contribution in [3.05, 3.63) is 0 Å². The minimum Gasteiger partial charge on any atom is -0.481 e. The first-order valence-electron chi connectivity index (χ1n) is 5.71. The molecule has 0 aromatic carbocycles. The minimum atomic E-state index is -0.718. The van der Waals surface area contributed by atoms with Crippen molar-refractivity contribution in [1.29, 1.82) is 0 Å². The van der Waals surface area contributed by atoms with Gasteiger partial charge < -0.3 is 15.2 Å². The van der Waals surface area contributed by atoms with Crippen LogP contribution in [0.15, 0.2) is 0 Å². The molecule has 4 heteroatoms. The van der Waals surface area contributed by atoms with E-state index >= 15 is 0 Å². The lowest BCUT2D eigenvalue weighted by Gasteiger charge is -2.24. The van der Waals surface area contributed by atoms with Gasteiger partial charge in [0.1, 0.15) is 0 Å². The van der Waals surface area contributed by atoms with Crippen molar-refractivity contribution < 1.29 is 14.6 Å². The third-order valence-corrected chi connectivity index (χ3v) is 2.80. The molecule has 1 saturated heterocycles. The van der Waals surface area contributed by atoms with Crippen LogP contribution in [0.4, 0.5) is 0 Å². The molecule has 0 amide bonds. The average molecular weight is 215 g/mol. The van der Waals surface area contributed by atoms with E-state index in [0.29, 0.717) is 12.3 Å². The molecule has 2 unspecified atom stereocenters. The highest BCUT2D eigenvalue weighted by Crippen LogP contribution is 2.12. The number of hydrogen-bond acceptors (Lipinski definition) is 3. The molecule has 4 nitrogen and oxygen atoms in total. The third-order valence-electron chi connectivity index (χ3n) is 2.80. The molecular formula is C11H21NO3. The van der Waals surface area contributed by atoms with Gasteiger partial charge in [0.2, 0.25) is 0 Å². The number of rotatable bonds is 6. The minimum absolute atomic E-state index is 0.245. The summed E-state index contributed by atoms with van der Waals surface area (Å²) in [7, 11) is 0. The monoisotopic (exact) mass is 215 g/mol. The van der Waals surface area contributed by atoms with Crippen molar-refractivity contribution in [2.45, 2.75) is 38.6 Å². The van der Waals surface area contributed by atoms with Gasteiger partial charge in [0.05, 0.1) is 6.61 Å². The van der Waals surface area contributed by atoms with Crippen LogP contribution in [0.3, 0.4) is 0 Å². The molecule has 2 atom stereocenters. The molecule has 15 heavy (non-hydrogen) atoms. The molecule has 0 radical (unpaired) electrons. The summed E-state index contributed by atoms with van der Waals surface area (Å²) < 4.78 is 5.38. The summed E-state index contributed by atoms with van der Waals surface area (Å²) in [4.78, 5) is 10.4. The first-order valence-corrected chi connectivity index (χ1v) is 5.71. The van der Waals surface area contributed by atoms with Gasteiger partial charge in [-0.1, -0.05) is 0 Å². The Morgan fingerprint density at radius 3 is 3.07 bits per heavy atom. The van der Waals surface area contributed by atoms with E-state index < -0.39 is 5.97 Å². The number of hydrogen-bond donors (Lipinski definition) is 2. The van der Waals surface area contributed by atoms with Gasteiger partial charge in [-0.25, -0.2) is 0 Å². The number of carbonyl (C=O) groups is 1. The maximum absolute atomic E-state index is 10.4. The molecule has 0 saturated carbocycles. The normalized spacial score (nSPS) is 23.7. The molecule has 0 aromatic heterocycles. The predicted octanol–water partition coefficient (Wildman–Crippen LogP) is 1.26. The van der Waals surface area contributed by atoms with Gasteiger partial charge in [-0.05, 0) is 32.1 Å². The number of nitrogens with one attached hydrogen (secondary N) is 1. The van der Waals surface area contributed by atoms with Crippen molar-refractivity contribution in [3.8, 4) is 0 Å². The van der Waals surface area contributed by atoms with Gasteiger partial charge in [-0.3, -0.25) is 4.79 Å². The zero-order chi connectivity index (χ0) is 11.1. The smallest absolute Gasteiger partial charge is 0.303 e. The van der Waals surface area contributed by atoms with Crippen molar-refractivity contribution in [1.82, 2.24) is 5.32 Å². The Morgan fingerprint density at radius 1 is 1.67 bits per heavy atom. The Balaban J connectivity index is 2.04. The fourth-order valence-corrected chi connectivity index (χ4v) is 1.78. The summed E-state index contributed by atoms with van der Waals surface area (Å²) >= 11 is 0. The Bertz CT molecular complexity index is 190. The first kappa shape index (κ1) is 12.5. The summed E-state index contributed by atoms with van der Waals surface area (Å²) in [5, 5.41) is 11.9. The summed E-state index contributed by atoms with van der Waals surface area (Å²) in [6.07, 6.45) is 3.31. The summed E-state index contributed by atoms with van der Waals surface area (Å²) in [6.45, 7) is 4.72. The summed E-state index contributed by atoms with van der Waals surface area (Å²) in [6, 6.07) is 0.281. The Kier molecular flexibility index (Phi) is 5.65. The van der Waals surface area contributed by atoms with Crippen molar-refractivity contribution in [3.63, 3.8) is 0 Å². The second-order valence-corrected chi connectivity index (χ2v) is 4.32. The predicted molar refractivity (Wildman–Crippen MR) is 57.9 cm³/mol. The lowest BCUT2D eigenvalue weighted by Crippen LogP contribution is -2.34. The number of ether oxygens (including phenoxy) is 1. The van der Waals surface area contributed by atoms with Crippen LogP contribution in [0.2, 0.25) is 0 Å². The van der Waals surface area contributed by atoms with Crippen LogP contribution in [0, 0.1) is 5.92 Å². The van der Waals surface area contributed by atoms with Crippen LogP contribution < -0.4 is 5.32 Å². The van der Waals surface area contributed by atoms with Crippen molar-refractivity contribution >= 4 is 5.97 Å². The first-order chi connectivity index (χ1) is 7.18. The fourth-order valence-electron chi connectivity index (χ4n) is 1.78. The summed E-state index contributed by atoms with van der Waals surface area (Å²) in [5.74, 6) is -0.115. The van der Waals surface area contributed by atoms with Crippen molar-refractivity contribution in [2.24, 2.45) is 5.92 Å². The lowest BCUT2D eigenvalue weighted by atomic mass is 10.0. The molecule has 0 aromatic rings. The van der Waals surface area contributed by atoms with E-state index in [2.05, 4.69) is 5.32 Å². The average Bonchev–Trinajstić information content (AvgIpc) is 2.25. The zero-order valence-corrected chi connectivity index (χ0v) is 9.37. The maximum Gasteiger partial charge on any atom is 0.303 e. The molecule has 2 N–H and O–H groups in total. The van der Waals surface area contributed by atoms with Gasteiger partial charge in [0, 0.05) is 25.6 Å². The zero-order valence-electron chi connectivity index (χ0n) is 9.37. The number of aliphatic carboxylic acids is 1. The molecule has 1 aliphatic heterocycles. The molecule has 0 aliphatic carbocycles. The Morgan fingerprint density at radius 2 is 2.47 bits per heavy atom. The fraction of sp³-hybridized carbons (Fsp3) is 0.909. The molecule has 1 heterocycles. The molecular weight excluding hydrogens is 194 g/mol. The maximum atomic E-state index is 10.4. The van der Waals surface area contributed by atoms with E-state index in [1.807, 2.05) is 6.92 Å². The van der Waals surface area contributed by atoms with Crippen LogP contribution >= 0.6 is 0 Å². The molecule has 1 rings (SSSR count). The van der Waals surface area contributed by atoms with E-state index in [1.165, 1.54) is 6.42 Å². The molecule has 0 spiro atoms. The molecule has 1 aliphatic rings. The molecule has 1 fully saturated rings. The van der Waals surface area contributed by atoms with Crippen molar-refractivity contribution in [2.75, 3.05) is 19.8 Å². The Labute approximate surface area is 91.0 Å². The Hall–Kier alpha value is -0.610. The highest BCUT2D eigenvalue weighted by atomic mass is 16.5. The highest BCUT2D eigenvalue weighted by Gasteiger charge is 2.14. The van der Waals surface area contributed by atoms with E-state index in [4.69, 9.17) is 9.84 Å². The van der Waals surface area contributed by atoms with E-state index in [1.54, 1.807) is 0 Å². The number of carboxylic acid groups (broad SMARTS) is 1. The van der Waals surface area contributed by atoms with Crippen LogP contribution in [0.5, 0.6) is 0 Å². The van der Waals surface area contributed by atoms with E-state index in [9.17, 15) is 4.79 Å². The summed E-state index contributed by atoms with van der Waals surface area (Å²) in [5.41, 5.74) is 0. The van der Waals surface area contributed by atoms with Gasteiger partial charge in [0.25, 0.3) is 0 Å². The standard InChI is InChI=1S/C11H21NO3/c1-9(4-5-11(13)14)12-7-10-3-2-6-15-8-10/h9-10,12H,2-8H2,1H3,(H,13,14). The molecule has 0 bridgehead atoms. The third kappa shape index (κ3) is 5.74. The van der Waals surface area contributed by atoms with E-state index in [0.717, 1.165) is 26.2 Å². The quantitative estimate of drug-likeness (QED) is 0.700. The van der Waals surface area contributed by atoms with Crippen LogP contribution in [-0.4, -0.2) is 36.9 Å². The van der Waals surface area contributed by atoms with Gasteiger partial charge >= 0.3 is 5.97 Å². The highest BCUT2D eigenvalue weighted by molar-refractivity contribution is 5.66. The van der Waals surface area contributed by atoms with Crippen LogP contribution in [0.1, 0.15) is 32.6 Å². The van der Waals surface area contributed by atoms with Crippen LogP contribution in [-0.2, 0) is 9.53 Å². The SMILES string of the molecule is CC(CCC(=O)O)NCC1CCCOC1. The van der Waals surface area contributed by atoms with Gasteiger partial charge in [0.15, 0.2) is 0 Å². The largest absolute Gasteiger partial charge is 0.481 e. The number of carboxylic acids is 1. The molecule has 88 valence electrons.